The third-order valence-corrected chi connectivity index (χ3v) is 9.79. The average Bonchev–Trinajstić information content (AvgIpc) is 3.11. The quantitative estimate of drug-likeness (QED) is 0.295. The Balaban J connectivity index is 1.74. The fourth-order valence-electron chi connectivity index (χ4n) is 6.58. The maximum absolute atomic E-state index is 3.95. The first-order valence-electron chi connectivity index (χ1n) is 13.6. The van der Waals surface area contributed by atoms with Crippen molar-refractivity contribution in [3.63, 3.8) is 0 Å². The first kappa shape index (κ1) is 25.9. The molecule has 0 unspecified atom stereocenters. The van der Waals surface area contributed by atoms with Crippen LogP contribution in [-0.2, 0) is 5.41 Å². The molecule has 1 aliphatic rings. The van der Waals surface area contributed by atoms with Gasteiger partial charge in [-0.3, -0.25) is 0 Å². The van der Waals surface area contributed by atoms with Crippen LogP contribution in [0, 0.1) is 0 Å². The molecular weight excluding hydrogens is 436 g/mol. The molecule has 4 aromatic carbocycles. The van der Waals surface area contributed by atoms with Gasteiger partial charge in [0.25, 0.3) is 0 Å². The van der Waals surface area contributed by atoms with Gasteiger partial charge in [-0.15, -0.1) is 21.9 Å². The highest BCUT2D eigenvalue weighted by Gasteiger charge is 2.35. The lowest BCUT2D eigenvalue weighted by Gasteiger charge is -2.28. The van der Waals surface area contributed by atoms with Crippen LogP contribution in [0.2, 0.25) is 0 Å². The van der Waals surface area contributed by atoms with Gasteiger partial charge in [0.05, 0.1) is 0 Å². The zero-order valence-electron chi connectivity index (χ0n) is 24.5. The maximum Gasteiger partial charge on any atom is 0.141 e. The highest BCUT2D eigenvalue weighted by atomic mass is 14.9. The SMILES string of the molecule is Bc1c(B)c(B)c(-c2c(B)c(B)c(B)c(B)c2Nc2ccc3c(c2)C(C)(C)c2ccccc2-3)c(B)c1B. The summed E-state index contributed by atoms with van der Waals surface area (Å²) in [6.07, 6.45) is 0. The molecule has 0 amide bonds. The Morgan fingerprint density at radius 2 is 1.00 bits per heavy atom. The maximum atomic E-state index is 3.95. The molecule has 1 aliphatic carbocycles. The van der Waals surface area contributed by atoms with Gasteiger partial charge in [0.1, 0.15) is 70.6 Å². The minimum Gasteiger partial charge on any atom is -0.356 e. The van der Waals surface area contributed by atoms with E-state index >= 15 is 0 Å². The predicted octanol–water partition coefficient (Wildman–Crippen LogP) is -8.27. The number of nitrogens with one attached hydrogen (secondary N) is 1. The van der Waals surface area contributed by atoms with E-state index in [9.17, 15) is 0 Å². The van der Waals surface area contributed by atoms with Gasteiger partial charge >= 0.3 is 0 Å². The summed E-state index contributed by atoms with van der Waals surface area (Å²) >= 11 is 0. The van der Waals surface area contributed by atoms with E-state index < -0.39 is 0 Å². The molecule has 37 heavy (non-hydrogen) atoms. The van der Waals surface area contributed by atoms with Gasteiger partial charge in [-0.05, 0) is 45.5 Å². The Hall–Kier alpha value is -2.74. The van der Waals surface area contributed by atoms with E-state index in [4.69, 9.17) is 0 Å². The van der Waals surface area contributed by atoms with Crippen LogP contribution in [0.1, 0.15) is 25.0 Å². The second-order valence-electron chi connectivity index (χ2n) is 11.8. The lowest BCUT2D eigenvalue weighted by atomic mass is 9.57. The summed E-state index contributed by atoms with van der Waals surface area (Å²) in [5, 5.41) is 3.95. The minimum atomic E-state index is -0.0149. The molecule has 0 aliphatic heterocycles. The molecule has 0 atom stereocenters. The fraction of sp³-hybridized carbons (Fsp3) is 0.111. The van der Waals surface area contributed by atoms with Crippen LogP contribution in [0.15, 0.2) is 42.5 Å². The molecule has 0 bridgehead atoms. The molecule has 172 valence electrons. The van der Waals surface area contributed by atoms with Crippen LogP contribution in [0.3, 0.4) is 0 Å². The Bertz CT molecular complexity index is 1600. The summed E-state index contributed by atoms with van der Waals surface area (Å²) in [4.78, 5) is 0. The summed E-state index contributed by atoms with van der Waals surface area (Å²) in [5.74, 6) is 0. The van der Waals surface area contributed by atoms with Crippen molar-refractivity contribution in [2.24, 2.45) is 0 Å². The standard InChI is InChI=1S/C27H32B9N/c1-27(2)13-6-4-3-5-11(13)12-8-7-10(9-14(12)27)37-26-16(19(30)22(33)24(35)25(26)36)15-17(28)20(31)23(34)21(32)18(15)29/h3-9,37H,28-36H2,1-2H3. The number of hydrogen-bond donors (Lipinski definition) is 1. The van der Waals surface area contributed by atoms with E-state index in [0.717, 1.165) is 5.69 Å². The monoisotopic (exact) mass is 469 g/mol. The zero-order valence-corrected chi connectivity index (χ0v) is 24.5. The fourth-order valence-corrected chi connectivity index (χ4v) is 6.58. The van der Waals surface area contributed by atoms with E-state index in [2.05, 4.69) is 132 Å². The lowest BCUT2D eigenvalue weighted by Crippen LogP contribution is -2.56. The minimum absolute atomic E-state index is 0.0149. The van der Waals surface area contributed by atoms with Gasteiger partial charge in [0.15, 0.2) is 0 Å². The Morgan fingerprint density at radius 3 is 1.62 bits per heavy atom. The number of fused-ring (bicyclic) bond motifs is 3. The number of hydrogen-bond acceptors (Lipinski definition) is 1. The molecule has 0 radical (unpaired) electrons. The Kier molecular flexibility index (Phi) is 6.25. The molecule has 0 fully saturated rings. The van der Waals surface area contributed by atoms with Gasteiger partial charge < -0.3 is 5.32 Å². The molecule has 0 saturated carbocycles. The van der Waals surface area contributed by atoms with Gasteiger partial charge in [-0.25, -0.2) is 0 Å². The number of benzene rings is 4. The highest BCUT2D eigenvalue weighted by molar-refractivity contribution is 6.70. The van der Waals surface area contributed by atoms with Gasteiger partial charge in [0, 0.05) is 16.8 Å². The molecule has 0 saturated heterocycles. The van der Waals surface area contributed by atoms with E-state index in [1.54, 1.807) is 0 Å². The normalized spacial score (nSPS) is 13.2. The van der Waals surface area contributed by atoms with Crippen molar-refractivity contribution in [3.8, 4) is 22.3 Å². The molecule has 0 aromatic heterocycles. The first-order chi connectivity index (χ1) is 17.4. The topological polar surface area (TPSA) is 12.0 Å². The Morgan fingerprint density at radius 1 is 0.514 bits per heavy atom. The van der Waals surface area contributed by atoms with E-state index in [1.165, 1.54) is 88.2 Å². The van der Waals surface area contributed by atoms with Crippen LogP contribution in [0.5, 0.6) is 0 Å². The second-order valence-corrected chi connectivity index (χ2v) is 11.8. The Labute approximate surface area is 231 Å². The van der Waals surface area contributed by atoms with Crippen LogP contribution in [0.4, 0.5) is 11.4 Å². The van der Waals surface area contributed by atoms with Crippen molar-refractivity contribution in [3.05, 3.63) is 53.6 Å². The molecule has 1 N–H and O–H groups in total. The molecule has 4 aromatic rings. The van der Waals surface area contributed by atoms with Crippen molar-refractivity contribution in [2.45, 2.75) is 19.3 Å². The molecule has 0 heterocycles. The third kappa shape index (κ3) is 3.74. The first-order valence-corrected chi connectivity index (χ1v) is 13.6. The predicted molar refractivity (Wildman–Crippen MR) is 193 cm³/mol. The van der Waals surface area contributed by atoms with Crippen molar-refractivity contribution >= 4 is 131 Å². The van der Waals surface area contributed by atoms with Crippen LogP contribution < -0.4 is 54.5 Å². The summed E-state index contributed by atoms with van der Waals surface area (Å²) in [6.45, 7) is 4.70. The number of rotatable bonds is 3. The van der Waals surface area contributed by atoms with Crippen LogP contribution in [-0.4, -0.2) is 70.6 Å². The third-order valence-electron chi connectivity index (χ3n) is 9.79. The molecule has 1 nitrogen and oxygen atoms in total. The summed E-state index contributed by atoms with van der Waals surface area (Å²) < 4.78 is 0. The lowest BCUT2D eigenvalue weighted by molar-refractivity contribution is 0.660. The van der Waals surface area contributed by atoms with Crippen molar-refractivity contribution < 1.29 is 0 Å². The second kappa shape index (κ2) is 8.93. The molecular formula is C27H32B9N. The van der Waals surface area contributed by atoms with Gasteiger partial charge in [-0.2, -0.15) is 0 Å². The van der Waals surface area contributed by atoms with Crippen molar-refractivity contribution in [1.82, 2.24) is 0 Å². The largest absolute Gasteiger partial charge is 0.356 e. The molecule has 0 spiro atoms. The van der Waals surface area contributed by atoms with Crippen molar-refractivity contribution in [2.75, 3.05) is 5.32 Å². The number of anilines is 2. The summed E-state index contributed by atoms with van der Waals surface area (Å²) in [6, 6.07) is 15.8. The molecule has 5 rings (SSSR count). The van der Waals surface area contributed by atoms with Crippen LogP contribution in [0.25, 0.3) is 22.3 Å². The summed E-state index contributed by atoms with van der Waals surface area (Å²) in [5.41, 5.74) is 23.1. The smallest absolute Gasteiger partial charge is 0.141 e. The van der Waals surface area contributed by atoms with Crippen molar-refractivity contribution in [1.29, 1.82) is 0 Å². The van der Waals surface area contributed by atoms with E-state index in [1.807, 2.05) is 0 Å². The summed E-state index contributed by atoms with van der Waals surface area (Å²) in [7, 11) is 20.5. The molecule has 10 heteroatoms. The zero-order chi connectivity index (χ0) is 27.0. The van der Waals surface area contributed by atoms with E-state index in [-0.39, 0.29) is 5.41 Å². The van der Waals surface area contributed by atoms with E-state index in [0.29, 0.717) is 0 Å². The van der Waals surface area contributed by atoms with Gasteiger partial charge in [-0.1, -0.05) is 71.5 Å². The average molecular weight is 468 g/mol. The highest BCUT2D eigenvalue weighted by Crippen LogP contribution is 2.49. The van der Waals surface area contributed by atoms with Crippen LogP contribution >= 0.6 is 0 Å². The van der Waals surface area contributed by atoms with Gasteiger partial charge in [0.2, 0.25) is 0 Å².